The van der Waals surface area contributed by atoms with E-state index in [0.717, 1.165) is 38.8 Å². The van der Waals surface area contributed by atoms with Crippen LogP contribution >= 0.6 is 0 Å². The van der Waals surface area contributed by atoms with Gasteiger partial charge in [-0.2, -0.15) is 0 Å². The number of carboxylic acids is 1. The molecule has 3 heterocycles. The van der Waals surface area contributed by atoms with Gasteiger partial charge in [-0.15, -0.1) is 45.3 Å². The zero-order chi connectivity index (χ0) is 25.1. The topological polar surface area (TPSA) is 291 Å². The second-order valence-corrected chi connectivity index (χ2v) is 9.52. The predicted octanol–water partition coefficient (Wildman–Crippen LogP) is 1.35. The van der Waals surface area contributed by atoms with E-state index in [-0.39, 0.29) is 85.7 Å². The zero-order valence-electron chi connectivity index (χ0n) is 20.7. The van der Waals surface area contributed by atoms with Crippen LogP contribution in [0.2, 0.25) is 0 Å². The van der Waals surface area contributed by atoms with Crippen molar-refractivity contribution < 1.29 is 132 Å². The van der Waals surface area contributed by atoms with E-state index in [4.69, 9.17) is 29.6 Å². The monoisotopic (exact) mass is 738 g/mol. The Morgan fingerprint density at radius 1 is 0.921 bits per heavy atom. The zero-order valence-corrected chi connectivity index (χ0v) is 27.6. The summed E-state index contributed by atoms with van der Waals surface area (Å²) in [5.41, 5.74) is 0. The maximum atomic E-state index is 10.3. The minimum Gasteiger partial charge on any atom is 0 e. The van der Waals surface area contributed by atoms with Crippen molar-refractivity contribution in [2.45, 2.75) is 38.3 Å². The molecule has 3 radical (unpaired) electrons. The summed E-state index contributed by atoms with van der Waals surface area (Å²) in [5.74, 6) is -1.07. The van der Waals surface area contributed by atoms with Gasteiger partial charge in [0.2, 0.25) is 0 Å². The Labute approximate surface area is 272 Å². The maximum Gasteiger partial charge on any atom is 0 e. The number of aliphatic hydroxyl groups is 4. The van der Waals surface area contributed by atoms with Crippen LogP contribution in [-0.2, 0) is 103 Å². The fourth-order valence-electron chi connectivity index (χ4n) is 2.86. The Kier molecular flexibility index (Phi) is 47.2. The van der Waals surface area contributed by atoms with Gasteiger partial charge in [0.1, 0.15) is 0 Å². The largest absolute Gasteiger partial charge is 0 e. The second kappa shape index (κ2) is 34.5. The molecule has 0 aromatic heterocycles. The first-order valence-corrected chi connectivity index (χ1v) is 13.3. The molecule has 0 aromatic carbocycles. The van der Waals surface area contributed by atoms with Crippen LogP contribution in [-0.4, -0.2) is 87.4 Å². The molecule has 15 nitrogen and oxygen atoms in total. The fraction of sp³-hybridized carbons (Fsp3) is 0.833. The van der Waals surface area contributed by atoms with E-state index in [2.05, 4.69) is 18.5 Å². The summed E-state index contributed by atoms with van der Waals surface area (Å²) < 4.78 is 30.2. The number of carbonyl (C=O) groups is 1. The SMILES string of the molecule is O=C(O)C1CCC[N-]C1.OC(O)C1C=CC[N-]C1.OC(O)C1CCC[N-]C1.[NH2-].[NH2-].[O]=[V][O][V](=[O])[OH].[V].[V].[V]. The van der Waals surface area contributed by atoms with Gasteiger partial charge < -0.3 is 53.8 Å². The number of hydrogen-bond donors (Lipinski definition) is 6. The molecule has 2 saturated heterocycles. The third-order valence-corrected chi connectivity index (χ3v) is 6.34. The fourth-order valence-corrected chi connectivity index (χ4v) is 3.32. The van der Waals surface area contributed by atoms with Crippen molar-refractivity contribution in [2.24, 2.45) is 17.8 Å². The summed E-state index contributed by atoms with van der Waals surface area (Å²) in [7, 11) is 0. The Morgan fingerprint density at radius 2 is 1.47 bits per heavy atom. The first-order chi connectivity index (χ1) is 15.7. The number of nitrogens with zero attached hydrogens (tertiary/aromatic N) is 3. The van der Waals surface area contributed by atoms with Crippen molar-refractivity contribution >= 4 is 5.97 Å². The minimum atomic E-state index is -3.24. The van der Waals surface area contributed by atoms with Crippen molar-refractivity contribution in [2.75, 3.05) is 39.3 Å². The first kappa shape index (κ1) is 52.0. The molecule has 3 unspecified atom stereocenters. The minimum absolute atomic E-state index is 0. The number of rotatable bonds is 5. The molecule has 10 N–H and O–H groups in total. The van der Waals surface area contributed by atoms with Crippen molar-refractivity contribution in [1.82, 2.24) is 0 Å². The molecule has 20 heteroatoms. The third-order valence-electron chi connectivity index (χ3n) is 4.69. The van der Waals surface area contributed by atoms with Crippen LogP contribution in [0, 0.1) is 17.8 Å². The van der Waals surface area contributed by atoms with Gasteiger partial charge in [0.25, 0.3) is 0 Å². The van der Waals surface area contributed by atoms with Gasteiger partial charge in [-0.3, -0.25) is 4.79 Å². The summed E-state index contributed by atoms with van der Waals surface area (Å²) in [6.45, 7) is 4.14. The van der Waals surface area contributed by atoms with E-state index in [0.29, 0.717) is 26.2 Å². The second-order valence-electron chi connectivity index (χ2n) is 7.24. The molecule has 224 valence electrons. The summed E-state index contributed by atoms with van der Waals surface area (Å²) >= 11 is -4.81. The Balaban J connectivity index is -0.0000000870. The van der Waals surface area contributed by atoms with Gasteiger partial charge >= 0.3 is 52.3 Å². The number of hydrogen-bond acceptors (Lipinski definition) is 8. The molecule has 0 aliphatic carbocycles. The van der Waals surface area contributed by atoms with Gasteiger partial charge in [-0.25, -0.2) is 0 Å². The molecule has 0 amide bonds. The van der Waals surface area contributed by atoms with Crippen molar-refractivity contribution in [1.29, 1.82) is 0 Å². The van der Waals surface area contributed by atoms with E-state index in [1.807, 2.05) is 6.08 Å². The number of piperidine rings is 2. The molecule has 3 aliphatic rings. The van der Waals surface area contributed by atoms with Crippen LogP contribution in [0.1, 0.15) is 25.7 Å². The summed E-state index contributed by atoms with van der Waals surface area (Å²) in [6.07, 6.45) is 4.88. The van der Waals surface area contributed by atoms with Crippen molar-refractivity contribution in [3.05, 3.63) is 40.4 Å². The van der Waals surface area contributed by atoms with Gasteiger partial charge in [0.05, 0.1) is 0 Å². The van der Waals surface area contributed by atoms with Gasteiger partial charge in [-0.1, -0.05) is 18.9 Å². The molecule has 3 rings (SSSR count). The van der Waals surface area contributed by atoms with Gasteiger partial charge in [0, 0.05) is 67.5 Å². The van der Waals surface area contributed by atoms with Crippen LogP contribution in [0.25, 0.3) is 28.3 Å². The smallest absolute Gasteiger partial charge is 0 e. The molecular weight excluding hydrogens is 701 g/mol. The quantitative estimate of drug-likeness (QED) is 0.174. The van der Waals surface area contributed by atoms with E-state index in [9.17, 15) is 12.1 Å². The van der Waals surface area contributed by atoms with E-state index < -0.39 is 50.9 Å². The number of aliphatic hydroxyl groups excluding tert-OH is 2. The summed E-state index contributed by atoms with van der Waals surface area (Å²) in [5, 5.41) is 55.1. The van der Waals surface area contributed by atoms with Crippen molar-refractivity contribution in [3.63, 3.8) is 0 Å². The first-order valence-electron chi connectivity index (χ1n) is 10.4. The summed E-state index contributed by atoms with van der Waals surface area (Å²) in [4.78, 5) is 10.3. The van der Waals surface area contributed by atoms with Crippen LogP contribution < -0.4 is 0 Å². The van der Waals surface area contributed by atoms with Crippen LogP contribution in [0.15, 0.2) is 12.2 Å². The average molecular weight is 738 g/mol. The van der Waals surface area contributed by atoms with Crippen molar-refractivity contribution in [3.8, 4) is 0 Å². The third kappa shape index (κ3) is 30.3. The maximum absolute atomic E-state index is 10.3. The standard InChI is InChI=1S/C6H12NO2.2C6H10NO2.2H2N.H2O.3O.5V/c3*8-6(9)5-2-1-3-7-4-5;;;;;;;;;;;/h5-6,8-9H,1-4H2;5H,1-4H2,(H,8,9);1-2,5-6,8-9H,3-4H2;3*1H2;;;;;;;;/q5*-1;;;;;;;;;+1/p-1. The van der Waals surface area contributed by atoms with Crippen LogP contribution in [0.4, 0.5) is 0 Å². The van der Waals surface area contributed by atoms with Crippen LogP contribution in [0.5, 0.6) is 0 Å². The number of nitrogens with two attached hydrogens (primary N) is 2. The molecule has 3 aliphatic heterocycles. The molecule has 2 fully saturated rings. The number of carboxylic acid groups (broad SMARTS) is 1. The van der Waals surface area contributed by atoms with E-state index in [1.165, 1.54) is 0 Å². The molecule has 38 heavy (non-hydrogen) atoms. The molecule has 0 bridgehead atoms. The van der Waals surface area contributed by atoms with E-state index >= 15 is 0 Å². The normalized spacial score (nSPS) is 21.1. The molecular formula is C18H37N5O10V5-5. The molecule has 0 spiro atoms. The molecule has 0 saturated carbocycles. The Morgan fingerprint density at radius 3 is 1.68 bits per heavy atom. The Bertz CT molecular complexity index is 588. The average Bonchev–Trinajstić information content (AvgIpc) is 2.82. The molecule has 0 aromatic rings. The molecule has 3 atom stereocenters. The van der Waals surface area contributed by atoms with E-state index in [1.54, 1.807) is 6.08 Å². The Hall–Kier alpha value is 1.29. The summed E-state index contributed by atoms with van der Waals surface area (Å²) in [6, 6.07) is 0. The van der Waals surface area contributed by atoms with Gasteiger partial charge in [0.15, 0.2) is 12.6 Å². The predicted molar refractivity (Wildman–Crippen MR) is 117 cm³/mol. The van der Waals surface area contributed by atoms with Gasteiger partial charge in [-0.05, 0) is 18.8 Å². The number of aliphatic carboxylic acids is 1. The van der Waals surface area contributed by atoms with Crippen LogP contribution in [0.3, 0.4) is 0 Å².